The van der Waals surface area contributed by atoms with Crippen molar-refractivity contribution in [2.45, 2.75) is 43.7 Å². The number of nitrogens with zero attached hydrogens (tertiary/aromatic N) is 3. The second-order valence-electron chi connectivity index (χ2n) is 8.46. The van der Waals surface area contributed by atoms with Crippen LogP contribution in [0.5, 0.6) is 5.75 Å². The number of amides is 3. The summed E-state index contributed by atoms with van der Waals surface area (Å²) in [5.74, 6) is 1.01. The molecule has 1 aromatic carbocycles. The molecule has 0 aromatic heterocycles. The number of hydrogen-bond donors (Lipinski definition) is 0. The minimum Gasteiger partial charge on any atom is -0.496 e. The van der Waals surface area contributed by atoms with Gasteiger partial charge in [-0.05, 0) is 37.3 Å². The first-order chi connectivity index (χ1) is 14.0. The van der Waals surface area contributed by atoms with Crippen LogP contribution in [0.25, 0.3) is 0 Å². The number of hydrogen-bond acceptors (Lipinski definition) is 4. The van der Waals surface area contributed by atoms with E-state index in [2.05, 4.69) is 4.90 Å². The van der Waals surface area contributed by atoms with Gasteiger partial charge in [-0.2, -0.15) is 0 Å². The van der Waals surface area contributed by atoms with Gasteiger partial charge in [0.15, 0.2) is 0 Å². The molecule has 3 heterocycles. The fourth-order valence-electron chi connectivity index (χ4n) is 5.11. The highest BCUT2D eigenvalue weighted by Crippen LogP contribution is 2.37. The maximum absolute atomic E-state index is 12.8. The molecular weight excluding hydrogens is 370 g/mol. The highest BCUT2D eigenvalue weighted by Gasteiger charge is 2.53. The predicted octanol–water partition coefficient (Wildman–Crippen LogP) is 2.15. The van der Waals surface area contributed by atoms with Gasteiger partial charge in [-0.3, -0.25) is 4.79 Å². The van der Waals surface area contributed by atoms with Crippen molar-refractivity contribution in [3.05, 3.63) is 29.8 Å². The zero-order chi connectivity index (χ0) is 20.4. The Labute approximate surface area is 172 Å². The Hall–Kier alpha value is -2.28. The number of piperidine rings is 1. The predicted molar refractivity (Wildman–Crippen MR) is 109 cm³/mol. The summed E-state index contributed by atoms with van der Waals surface area (Å²) >= 11 is 0. The molecule has 0 aliphatic carbocycles. The SMILES string of the molecule is COc1ccccc1CCC(=O)N1CCC(N2C(=O)N(C)CC23CCOC3)CC1. The van der Waals surface area contributed by atoms with Crippen LogP contribution < -0.4 is 4.74 Å². The van der Waals surface area contributed by atoms with Crippen molar-refractivity contribution in [3.63, 3.8) is 0 Å². The lowest BCUT2D eigenvalue weighted by Crippen LogP contribution is -2.56. The van der Waals surface area contributed by atoms with Gasteiger partial charge in [-0.1, -0.05) is 18.2 Å². The van der Waals surface area contributed by atoms with Crippen LogP contribution in [-0.4, -0.2) is 85.2 Å². The first kappa shape index (κ1) is 20.0. The van der Waals surface area contributed by atoms with Crippen LogP contribution in [0.4, 0.5) is 4.79 Å². The molecule has 1 spiro atoms. The molecule has 3 amide bonds. The van der Waals surface area contributed by atoms with E-state index in [1.807, 2.05) is 41.1 Å². The topological polar surface area (TPSA) is 62.3 Å². The average Bonchev–Trinajstić information content (AvgIpc) is 3.30. The zero-order valence-corrected chi connectivity index (χ0v) is 17.4. The van der Waals surface area contributed by atoms with Gasteiger partial charge in [-0.25, -0.2) is 4.79 Å². The average molecular weight is 402 g/mol. The number of carbonyl (C=O) groups excluding carboxylic acids is 2. The van der Waals surface area contributed by atoms with E-state index in [0.29, 0.717) is 32.5 Å². The van der Waals surface area contributed by atoms with Crippen LogP contribution >= 0.6 is 0 Å². The molecule has 0 N–H and O–H groups in total. The first-order valence-electron chi connectivity index (χ1n) is 10.6. The van der Waals surface area contributed by atoms with Crippen molar-refractivity contribution in [2.75, 3.05) is 47.0 Å². The maximum Gasteiger partial charge on any atom is 0.320 e. The number of benzene rings is 1. The summed E-state index contributed by atoms with van der Waals surface area (Å²) in [5, 5.41) is 0. The number of likely N-dealkylation sites (tertiary alicyclic amines) is 1. The van der Waals surface area contributed by atoms with Crippen molar-refractivity contribution in [1.82, 2.24) is 14.7 Å². The van der Waals surface area contributed by atoms with Gasteiger partial charge < -0.3 is 24.2 Å². The Balaban J connectivity index is 1.33. The van der Waals surface area contributed by atoms with E-state index >= 15 is 0 Å². The zero-order valence-electron chi connectivity index (χ0n) is 17.4. The minimum absolute atomic E-state index is 0.108. The molecule has 158 valence electrons. The van der Waals surface area contributed by atoms with Gasteiger partial charge in [-0.15, -0.1) is 0 Å². The second-order valence-corrected chi connectivity index (χ2v) is 8.46. The number of carbonyl (C=O) groups is 2. The van der Waals surface area contributed by atoms with Crippen LogP contribution in [0, 0.1) is 0 Å². The van der Waals surface area contributed by atoms with Crippen LogP contribution in [0.15, 0.2) is 24.3 Å². The van der Waals surface area contributed by atoms with Crippen LogP contribution in [-0.2, 0) is 16.0 Å². The summed E-state index contributed by atoms with van der Waals surface area (Å²) in [6, 6.07) is 8.15. The molecule has 0 saturated carbocycles. The third-order valence-corrected chi connectivity index (χ3v) is 6.64. The molecule has 0 radical (unpaired) electrons. The Morgan fingerprint density at radius 3 is 2.72 bits per heavy atom. The van der Waals surface area contributed by atoms with Crippen molar-refractivity contribution in [1.29, 1.82) is 0 Å². The van der Waals surface area contributed by atoms with E-state index in [1.165, 1.54) is 0 Å². The third-order valence-electron chi connectivity index (χ3n) is 6.64. The van der Waals surface area contributed by atoms with Crippen LogP contribution in [0.2, 0.25) is 0 Å². The normalized spacial score (nSPS) is 25.3. The standard InChI is InChI=1S/C22H31N3O4/c1-23-15-22(11-14-29-16-22)25(21(23)27)18-9-12-24(13-10-18)20(26)8-7-17-5-3-4-6-19(17)28-2/h3-6,18H,7-16H2,1-2H3. The molecule has 7 heteroatoms. The lowest BCUT2D eigenvalue weighted by molar-refractivity contribution is -0.132. The van der Waals surface area contributed by atoms with Gasteiger partial charge in [0.05, 0.1) is 19.3 Å². The fourth-order valence-corrected chi connectivity index (χ4v) is 5.11. The van der Waals surface area contributed by atoms with E-state index < -0.39 is 0 Å². The molecule has 1 atom stereocenters. The molecule has 0 bridgehead atoms. The summed E-state index contributed by atoms with van der Waals surface area (Å²) < 4.78 is 11.0. The number of ether oxygens (including phenoxy) is 2. The molecule has 7 nitrogen and oxygen atoms in total. The van der Waals surface area contributed by atoms with E-state index in [9.17, 15) is 9.59 Å². The lowest BCUT2D eigenvalue weighted by atomic mass is 9.92. The first-order valence-corrected chi connectivity index (χ1v) is 10.6. The molecule has 3 fully saturated rings. The van der Waals surface area contributed by atoms with Crippen molar-refractivity contribution in [3.8, 4) is 5.75 Å². The fraction of sp³-hybridized carbons (Fsp3) is 0.636. The monoisotopic (exact) mass is 401 g/mol. The summed E-state index contributed by atoms with van der Waals surface area (Å²) in [4.78, 5) is 31.4. The van der Waals surface area contributed by atoms with E-state index in [4.69, 9.17) is 9.47 Å². The molecule has 4 rings (SSSR count). The maximum atomic E-state index is 12.8. The Morgan fingerprint density at radius 2 is 2.03 bits per heavy atom. The van der Waals surface area contributed by atoms with Crippen molar-refractivity contribution < 1.29 is 19.1 Å². The molecule has 3 aliphatic heterocycles. The number of likely N-dealkylation sites (N-methyl/N-ethyl adjacent to an activating group) is 1. The highest BCUT2D eigenvalue weighted by molar-refractivity contribution is 5.79. The van der Waals surface area contributed by atoms with Gasteiger partial charge in [0.1, 0.15) is 5.75 Å². The van der Waals surface area contributed by atoms with E-state index in [-0.39, 0.29) is 23.5 Å². The van der Waals surface area contributed by atoms with Crippen LogP contribution in [0.1, 0.15) is 31.2 Å². The molecular formula is C22H31N3O4. The lowest BCUT2D eigenvalue weighted by Gasteiger charge is -2.42. The quantitative estimate of drug-likeness (QED) is 0.759. The van der Waals surface area contributed by atoms with Crippen molar-refractivity contribution >= 4 is 11.9 Å². The summed E-state index contributed by atoms with van der Waals surface area (Å²) in [6.07, 6.45) is 3.73. The Bertz CT molecular complexity index is 754. The summed E-state index contributed by atoms with van der Waals surface area (Å²) in [5.41, 5.74) is 0.888. The largest absolute Gasteiger partial charge is 0.496 e. The van der Waals surface area contributed by atoms with Gasteiger partial charge in [0.25, 0.3) is 0 Å². The second kappa shape index (κ2) is 8.22. The molecule has 3 saturated heterocycles. The Morgan fingerprint density at radius 1 is 1.28 bits per heavy atom. The number of aryl methyl sites for hydroxylation is 1. The van der Waals surface area contributed by atoms with Gasteiger partial charge in [0.2, 0.25) is 5.91 Å². The van der Waals surface area contributed by atoms with Crippen LogP contribution in [0.3, 0.4) is 0 Å². The summed E-state index contributed by atoms with van der Waals surface area (Å²) in [6.45, 7) is 3.50. The molecule has 3 aliphatic rings. The summed E-state index contributed by atoms with van der Waals surface area (Å²) in [7, 11) is 3.53. The smallest absolute Gasteiger partial charge is 0.320 e. The van der Waals surface area contributed by atoms with Gasteiger partial charge in [0, 0.05) is 45.8 Å². The third kappa shape index (κ3) is 3.80. The van der Waals surface area contributed by atoms with E-state index in [0.717, 1.165) is 43.7 Å². The number of para-hydroxylation sites is 1. The minimum atomic E-state index is -0.174. The molecule has 1 unspecified atom stereocenters. The number of methoxy groups -OCH3 is 1. The Kier molecular flexibility index (Phi) is 5.67. The van der Waals surface area contributed by atoms with Crippen molar-refractivity contribution in [2.24, 2.45) is 0 Å². The van der Waals surface area contributed by atoms with E-state index in [1.54, 1.807) is 7.11 Å². The number of urea groups is 1. The van der Waals surface area contributed by atoms with Gasteiger partial charge >= 0.3 is 6.03 Å². The highest BCUT2D eigenvalue weighted by atomic mass is 16.5. The molecule has 1 aromatic rings. The molecule has 29 heavy (non-hydrogen) atoms. The number of rotatable bonds is 5.